The summed E-state index contributed by atoms with van der Waals surface area (Å²) in [7, 11) is -3.12. The predicted molar refractivity (Wildman–Crippen MR) is 85.6 cm³/mol. The summed E-state index contributed by atoms with van der Waals surface area (Å²) in [5.41, 5.74) is 0.979. The van der Waals surface area contributed by atoms with Gasteiger partial charge in [-0.2, -0.15) is 5.10 Å². The maximum atomic E-state index is 12.5. The molecule has 2 heterocycles. The van der Waals surface area contributed by atoms with Gasteiger partial charge in [-0.15, -0.1) is 0 Å². The standard InChI is InChI=1S/C15H17N3O4S/c1-10-13(14(19)16-11-5-3-2-4-6-11)15(20)18(17-10)12-7-8-23(21,22)9-12/h2-6,12-13H,7-9H2,1H3,(H,16,19)/t12-,13+/m1/s1. The maximum absolute atomic E-state index is 12.5. The zero-order valence-corrected chi connectivity index (χ0v) is 13.4. The Morgan fingerprint density at radius 1 is 1.30 bits per heavy atom. The molecule has 0 unspecified atom stereocenters. The highest BCUT2D eigenvalue weighted by molar-refractivity contribution is 7.91. The zero-order valence-electron chi connectivity index (χ0n) is 12.6. The van der Waals surface area contributed by atoms with Crippen LogP contribution in [0.25, 0.3) is 0 Å². The number of amides is 2. The normalized spacial score (nSPS) is 26.2. The fourth-order valence-electron chi connectivity index (χ4n) is 2.86. The van der Waals surface area contributed by atoms with Crippen LogP contribution in [0.1, 0.15) is 13.3 Å². The number of carbonyl (C=O) groups excluding carboxylic acids is 2. The number of nitrogens with zero attached hydrogens (tertiary/aromatic N) is 2. The number of sulfone groups is 1. The lowest BCUT2D eigenvalue weighted by atomic mass is 10.0. The molecule has 3 rings (SSSR count). The van der Waals surface area contributed by atoms with E-state index in [1.54, 1.807) is 31.2 Å². The van der Waals surface area contributed by atoms with Gasteiger partial charge < -0.3 is 5.32 Å². The molecular formula is C15H17N3O4S. The van der Waals surface area contributed by atoms with E-state index in [2.05, 4.69) is 10.4 Å². The number of anilines is 1. The second-order valence-corrected chi connectivity index (χ2v) is 8.00. The van der Waals surface area contributed by atoms with Crippen LogP contribution < -0.4 is 5.32 Å². The molecule has 0 spiro atoms. The first-order valence-corrected chi connectivity index (χ1v) is 9.14. The van der Waals surface area contributed by atoms with E-state index in [9.17, 15) is 18.0 Å². The van der Waals surface area contributed by atoms with Gasteiger partial charge in [-0.05, 0) is 25.5 Å². The third-order valence-electron chi connectivity index (χ3n) is 4.01. The highest BCUT2D eigenvalue weighted by Crippen LogP contribution is 2.26. The topological polar surface area (TPSA) is 95.9 Å². The molecule has 1 saturated heterocycles. The molecule has 0 aliphatic carbocycles. The summed E-state index contributed by atoms with van der Waals surface area (Å²) in [5, 5.41) is 8.00. The van der Waals surface area contributed by atoms with Gasteiger partial charge in [-0.25, -0.2) is 13.4 Å². The summed E-state index contributed by atoms with van der Waals surface area (Å²) in [5.74, 6) is -1.96. The molecular weight excluding hydrogens is 318 g/mol. The van der Waals surface area contributed by atoms with Crippen LogP contribution in [-0.2, 0) is 19.4 Å². The van der Waals surface area contributed by atoms with Crippen LogP contribution >= 0.6 is 0 Å². The van der Waals surface area contributed by atoms with E-state index >= 15 is 0 Å². The van der Waals surface area contributed by atoms with Crippen molar-refractivity contribution in [3.05, 3.63) is 30.3 Å². The Morgan fingerprint density at radius 2 is 2.00 bits per heavy atom. The molecule has 2 aliphatic heterocycles. The first-order valence-electron chi connectivity index (χ1n) is 7.32. The fourth-order valence-corrected chi connectivity index (χ4v) is 4.55. The lowest BCUT2D eigenvalue weighted by Gasteiger charge is -2.19. The van der Waals surface area contributed by atoms with Crippen molar-refractivity contribution in [2.75, 3.05) is 16.8 Å². The van der Waals surface area contributed by atoms with Crippen LogP contribution in [0.4, 0.5) is 5.69 Å². The Hall–Kier alpha value is -2.22. The minimum absolute atomic E-state index is 0.0525. The second-order valence-electron chi connectivity index (χ2n) is 5.77. The van der Waals surface area contributed by atoms with Crippen LogP contribution in [-0.4, -0.2) is 48.5 Å². The molecule has 0 saturated carbocycles. The number of hydrogen-bond donors (Lipinski definition) is 1. The SMILES string of the molecule is CC1=NN([C@@H]2CCS(=O)(=O)C2)C(=O)[C@@H]1C(=O)Nc1ccccc1. The lowest BCUT2D eigenvalue weighted by Crippen LogP contribution is -2.40. The molecule has 7 nitrogen and oxygen atoms in total. The van der Waals surface area contributed by atoms with Gasteiger partial charge in [0.1, 0.15) is 0 Å². The van der Waals surface area contributed by atoms with Crippen LogP contribution in [0, 0.1) is 5.92 Å². The molecule has 122 valence electrons. The van der Waals surface area contributed by atoms with Crippen molar-refractivity contribution in [2.45, 2.75) is 19.4 Å². The number of nitrogens with one attached hydrogen (secondary N) is 1. The monoisotopic (exact) mass is 335 g/mol. The zero-order chi connectivity index (χ0) is 16.6. The molecule has 0 bridgehead atoms. The molecule has 1 N–H and O–H groups in total. The van der Waals surface area contributed by atoms with Crippen molar-refractivity contribution >= 4 is 33.1 Å². The van der Waals surface area contributed by atoms with Gasteiger partial charge in [0, 0.05) is 5.69 Å². The molecule has 1 fully saturated rings. The summed E-state index contributed by atoms with van der Waals surface area (Å²) in [6, 6.07) is 8.37. The third kappa shape index (κ3) is 3.12. The van der Waals surface area contributed by atoms with Crippen molar-refractivity contribution < 1.29 is 18.0 Å². The average molecular weight is 335 g/mol. The Bertz CT molecular complexity index is 773. The highest BCUT2D eigenvalue weighted by Gasteiger charge is 2.44. The van der Waals surface area contributed by atoms with E-state index in [1.807, 2.05) is 6.07 Å². The number of rotatable bonds is 3. The largest absolute Gasteiger partial charge is 0.325 e. The predicted octanol–water partition coefficient (Wildman–Crippen LogP) is 0.646. The summed E-state index contributed by atoms with van der Waals surface area (Å²) in [6.07, 6.45) is 0.359. The second kappa shape index (κ2) is 5.77. The maximum Gasteiger partial charge on any atom is 0.261 e. The van der Waals surface area contributed by atoms with Crippen LogP contribution in [0.5, 0.6) is 0 Å². The van der Waals surface area contributed by atoms with E-state index in [0.29, 0.717) is 17.8 Å². The Labute approximate surface area is 134 Å². The van der Waals surface area contributed by atoms with Crippen molar-refractivity contribution in [2.24, 2.45) is 11.0 Å². The minimum atomic E-state index is -3.12. The van der Waals surface area contributed by atoms with Gasteiger partial charge >= 0.3 is 0 Å². The van der Waals surface area contributed by atoms with Gasteiger partial charge in [0.05, 0.1) is 23.3 Å². The molecule has 23 heavy (non-hydrogen) atoms. The first kappa shape index (κ1) is 15.7. The number of hydrogen-bond acceptors (Lipinski definition) is 5. The molecule has 1 aromatic rings. The van der Waals surface area contributed by atoms with Crippen LogP contribution in [0.3, 0.4) is 0 Å². The summed E-state index contributed by atoms with van der Waals surface area (Å²) < 4.78 is 23.2. The van der Waals surface area contributed by atoms with Gasteiger partial charge in [-0.3, -0.25) is 9.59 Å². The van der Waals surface area contributed by atoms with Crippen molar-refractivity contribution in [1.29, 1.82) is 0 Å². The molecule has 2 aliphatic rings. The highest BCUT2D eigenvalue weighted by atomic mass is 32.2. The lowest BCUT2D eigenvalue weighted by molar-refractivity contribution is -0.137. The van der Waals surface area contributed by atoms with E-state index in [4.69, 9.17) is 0 Å². The summed E-state index contributed by atoms with van der Waals surface area (Å²) in [6.45, 7) is 1.61. The molecule has 2 atom stereocenters. The Kier molecular flexibility index (Phi) is 3.93. The van der Waals surface area contributed by atoms with Gasteiger partial charge in [0.15, 0.2) is 15.8 Å². The van der Waals surface area contributed by atoms with Gasteiger partial charge in [0.25, 0.3) is 5.91 Å². The minimum Gasteiger partial charge on any atom is -0.325 e. The number of benzene rings is 1. The van der Waals surface area contributed by atoms with Crippen molar-refractivity contribution in [3.8, 4) is 0 Å². The van der Waals surface area contributed by atoms with Crippen LogP contribution in [0.2, 0.25) is 0 Å². The summed E-state index contributed by atoms with van der Waals surface area (Å²) >= 11 is 0. The van der Waals surface area contributed by atoms with E-state index in [1.165, 1.54) is 5.01 Å². The first-order chi connectivity index (χ1) is 10.9. The molecule has 0 aromatic heterocycles. The summed E-state index contributed by atoms with van der Waals surface area (Å²) in [4.78, 5) is 24.9. The van der Waals surface area contributed by atoms with E-state index in [0.717, 1.165) is 0 Å². The fraction of sp³-hybridized carbons (Fsp3) is 0.400. The number of hydrazone groups is 1. The Morgan fingerprint density at radius 3 is 2.61 bits per heavy atom. The molecule has 8 heteroatoms. The van der Waals surface area contributed by atoms with Crippen molar-refractivity contribution in [3.63, 3.8) is 0 Å². The van der Waals surface area contributed by atoms with E-state index in [-0.39, 0.29) is 11.5 Å². The van der Waals surface area contributed by atoms with Crippen molar-refractivity contribution in [1.82, 2.24) is 5.01 Å². The van der Waals surface area contributed by atoms with E-state index < -0.39 is 33.6 Å². The molecule has 1 aromatic carbocycles. The molecule has 2 amide bonds. The number of para-hydroxylation sites is 1. The number of carbonyl (C=O) groups is 2. The Balaban J connectivity index is 1.74. The smallest absolute Gasteiger partial charge is 0.261 e. The third-order valence-corrected chi connectivity index (χ3v) is 5.76. The molecule has 0 radical (unpaired) electrons. The quantitative estimate of drug-likeness (QED) is 0.820. The average Bonchev–Trinajstić information content (AvgIpc) is 2.99. The van der Waals surface area contributed by atoms with Crippen LogP contribution in [0.15, 0.2) is 35.4 Å². The van der Waals surface area contributed by atoms with Gasteiger partial charge in [0.2, 0.25) is 5.91 Å². The van der Waals surface area contributed by atoms with Gasteiger partial charge in [-0.1, -0.05) is 18.2 Å².